The van der Waals surface area contributed by atoms with E-state index >= 15 is 0 Å². The van der Waals surface area contributed by atoms with Crippen molar-refractivity contribution in [3.63, 3.8) is 0 Å². The Morgan fingerprint density at radius 2 is 2.09 bits per heavy atom. The number of nitrogens with zero attached hydrogens (tertiary/aromatic N) is 3. The predicted molar refractivity (Wildman–Crippen MR) is 90.6 cm³/mol. The molecule has 116 valence electrons. The third kappa shape index (κ3) is 3.40. The van der Waals surface area contributed by atoms with Gasteiger partial charge in [-0.25, -0.2) is 4.98 Å². The van der Waals surface area contributed by atoms with Crippen molar-refractivity contribution in [3.05, 3.63) is 59.1 Å². The topological polar surface area (TPSA) is 76.9 Å². The lowest BCUT2D eigenvalue weighted by Gasteiger charge is -2.08. The van der Waals surface area contributed by atoms with Crippen molar-refractivity contribution in [1.82, 2.24) is 14.5 Å². The smallest absolute Gasteiger partial charge is 0.261 e. The highest BCUT2D eigenvalue weighted by atomic mass is 32.2. The summed E-state index contributed by atoms with van der Waals surface area (Å²) in [5.41, 5.74) is 1.15. The zero-order valence-electron chi connectivity index (χ0n) is 12.4. The van der Waals surface area contributed by atoms with Gasteiger partial charge in [-0.15, -0.1) is 0 Å². The Kier molecular flexibility index (Phi) is 4.38. The number of fused-ring (bicyclic) bond motifs is 1. The molecule has 0 spiro atoms. The first kappa shape index (κ1) is 15.2. The molecule has 2 heterocycles. The number of nitrogens with one attached hydrogen (secondary N) is 1. The van der Waals surface area contributed by atoms with Gasteiger partial charge in [0.25, 0.3) is 5.56 Å². The number of pyridine rings is 1. The lowest BCUT2D eigenvalue weighted by Crippen LogP contribution is -2.21. The summed E-state index contributed by atoms with van der Waals surface area (Å²) in [5.74, 6) is -0.0153. The van der Waals surface area contributed by atoms with E-state index in [-0.39, 0.29) is 17.2 Å². The number of aromatic nitrogens is 3. The average Bonchev–Trinajstić information content (AvgIpc) is 2.58. The van der Waals surface area contributed by atoms with Gasteiger partial charge in [0.05, 0.1) is 28.5 Å². The van der Waals surface area contributed by atoms with E-state index in [1.165, 1.54) is 16.3 Å². The molecule has 0 atom stereocenters. The number of hydrogen-bond donors (Lipinski definition) is 1. The molecule has 6 nitrogen and oxygen atoms in total. The Labute approximate surface area is 136 Å². The van der Waals surface area contributed by atoms with Gasteiger partial charge in [-0.2, -0.15) is 0 Å². The van der Waals surface area contributed by atoms with E-state index in [9.17, 15) is 9.59 Å². The third-order valence-electron chi connectivity index (χ3n) is 3.22. The van der Waals surface area contributed by atoms with Crippen LogP contribution in [0.25, 0.3) is 10.9 Å². The molecule has 0 aliphatic carbocycles. The van der Waals surface area contributed by atoms with E-state index in [0.717, 1.165) is 0 Å². The molecule has 1 aromatic carbocycles. The van der Waals surface area contributed by atoms with Crippen molar-refractivity contribution >= 4 is 34.3 Å². The van der Waals surface area contributed by atoms with E-state index in [1.54, 1.807) is 49.8 Å². The number of carbonyl (C=O) groups excluding carboxylic acids is 1. The Morgan fingerprint density at radius 3 is 2.87 bits per heavy atom. The molecule has 2 aromatic heterocycles. The molecular formula is C16H14N4O2S. The molecule has 0 aliphatic heterocycles. The number of thioether (sulfide) groups is 1. The first-order valence-corrected chi connectivity index (χ1v) is 7.92. The maximum absolute atomic E-state index is 12.3. The van der Waals surface area contributed by atoms with Crippen LogP contribution in [0.5, 0.6) is 0 Å². The van der Waals surface area contributed by atoms with Crippen LogP contribution in [0.2, 0.25) is 0 Å². The summed E-state index contributed by atoms with van der Waals surface area (Å²) >= 11 is 1.22. The van der Waals surface area contributed by atoms with Crippen molar-refractivity contribution in [2.45, 2.75) is 5.16 Å². The number of rotatable bonds is 4. The molecule has 7 heteroatoms. The number of carbonyl (C=O) groups is 1. The molecular weight excluding hydrogens is 312 g/mol. The van der Waals surface area contributed by atoms with Crippen molar-refractivity contribution in [1.29, 1.82) is 0 Å². The standard InChI is InChI=1S/C16H14N4O2S/c1-20-15(22)12-6-2-3-7-13(12)19-16(20)23-10-14(21)18-11-5-4-8-17-9-11/h2-9H,10H2,1H3,(H,18,21). The molecule has 23 heavy (non-hydrogen) atoms. The summed E-state index contributed by atoms with van der Waals surface area (Å²) in [6.45, 7) is 0. The fourth-order valence-corrected chi connectivity index (χ4v) is 2.86. The monoisotopic (exact) mass is 326 g/mol. The molecule has 0 aliphatic rings. The lowest BCUT2D eigenvalue weighted by molar-refractivity contribution is -0.113. The molecule has 3 rings (SSSR count). The molecule has 0 radical (unpaired) electrons. The maximum atomic E-state index is 12.3. The van der Waals surface area contributed by atoms with E-state index in [2.05, 4.69) is 15.3 Å². The van der Waals surface area contributed by atoms with Crippen LogP contribution in [-0.4, -0.2) is 26.2 Å². The highest BCUT2D eigenvalue weighted by molar-refractivity contribution is 7.99. The molecule has 1 amide bonds. The summed E-state index contributed by atoms with van der Waals surface area (Å²) in [6, 6.07) is 10.7. The third-order valence-corrected chi connectivity index (χ3v) is 4.25. The van der Waals surface area contributed by atoms with Gasteiger partial charge in [0.1, 0.15) is 0 Å². The van der Waals surface area contributed by atoms with Gasteiger partial charge in [-0.1, -0.05) is 23.9 Å². The predicted octanol–water partition coefficient (Wildman–Crippen LogP) is 2.06. The minimum atomic E-state index is -0.176. The maximum Gasteiger partial charge on any atom is 0.261 e. The highest BCUT2D eigenvalue weighted by Gasteiger charge is 2.10. The second kappa shape index (κ2) is 6.62. The summed E-state index contributed by atoms with van der Waals surface area (Å²) in [6.07, 6.45) is 3.21. The van der Waals surface area contributed by atoms with Crippen LogP contribution in [0.1, 0.15) is 0 Å². The van der Waals surface area contributed by atoms with Crippen molar-refractivity contribution in [3.8, 4) is 0 Å². The Hall–Kier alpha value is -2.67. The van der Waals surface area contributed by atoms with Crippen LogP contribution in [0.15, 0.2) is 58.7 Å². The Morgan fingerprint density at radius 1 is 1.26 bits per heavy atom. The highest BCUT2D eigenvalue weighted by Crippen LogP contribution is 2.17. The van der Waals surface area contributed by atoms with Gasteiger partial charge in [0.2, 0.25) is 5.91 Å². The molecule has 0 saturated carbocycles. The molecule has 1 N–H and O–H groups in total. The SMILES string of the molecule is Cn1c(SCC(=O)Nc2cccnc2)nc2ccccc2c1=O. The van der Waals surface area contributed by atoms with E-state index in [0.29, 0.717) is 21.7 Å². The minimum Gasteiger partial charge on any atom is -0.324 e. The van der Waals surface area contributed by atoms with E-state index in [1.807, 2.05) is 6.07 Å². The van der Waals surface area contributed by atoms with Crippen molar-refractivity contribution in [2.75, 3.05) is 11.1 Å². The van der Waals surface area contributed by atoms with Crippen LogP contribution >= 0.6 is 11.8 Å². The van der Waals surface area contributed by atoms with Crippen LogP contribution in [-0.2, 0) is 11.8 Å². The lowest BCUT2D eigenvalue weighted by atomic mass is 10.2. The van der Waals surface area contributed by atoms with Crippen LogP contribution in [0.3, 0.4) is 0 Å². The largest absolute Gasteiger partial charge is 0.324 e. The van der Waals surface area contributed by atoms with Crippen LogP contribution < -0.4 is 10.9 Å². The van der Waals surface area contributed by atoms with Gasteiger partial charge in [0.15, 0.2) is 5.16 Å². The van der Waals surface area contributed by atoms with Gasteiger partial charge in [-0.05, 0) is 24.3 Å². The number of amides is 1. The summed E-state index contributed by atoms with van der Waals surface area (Å²) < 4.78 is 1.46. The van der Waals surface area contributed by atoms with Crippen molar-refractivity contribution < 1.29 is 4.79 Å². The normalized spacial score (nSPS) is 10.7. The van der Waals surface area contributed by atoms with Gasteiger partial charge in [-0.3, -0.25) is 19.1 Å². The number of hydrogen-bond acceptors (Lipinski definition) is 5. The zero-order valence-corrected chi connectivity index (χ0v) is 13.2. The first-order valence-electron chi connectivity index (χ1n) is 6.93. The van der Waals surface area contributed by atoms with Gasteiger partial charge < -0.3 is 5.32 Å². The number of para-hydroxylation sites is 1. The molecule has 0 saturated heterocycles. The number of anilines is 1. The van der Waals surface area contributed by atoms with Crippen LogP contribution in [0, 0.1) is 0 Å². The Balaban J connectivity index is 1.76. The van der Waals surface area contributed by atoms with Gasteiger partial charge in [0, 0.05) is 13.2 Å². The quantitative estimate of drug-likeness (QED) is 0.586. The second-order valence-corrected chi connectivity index (χ2v) is 5.80. The van der Waals surface area contributed by atoms with Crippen LogP contribution in [0.4, 0.5) is 5.69 Å². The van der Waals surface area contributed by atoms with E-state index in [4.69, 9.17) is 0 Å². The molecule has 0 fully saturated rings. The molecule has 0 bridgehead atoms. The number of benzene rings is 1. The Bertz CT molecular complexity index is 909. The first-order chi connectivity index (χ1) is 11.1. The average molecular weight is 326 g/mol. The fraction of sp³-hybridized carbons (Fsp3) is 0.125. The second-order valence-electron chi connectivity index (χ2n) is 4.85. The molecule has 0 unspecified atom stereocenters. The summed E-state index contributed by atoms with van der Waals surface area (Å²) in [7, 11) is 1.66. The fourth-order valence-electron chi connectivity index (χ4n) is 2.09. The van der Waals surface area contributed by atoms with Gasteiger partial charge >= 0.3 is 0 Å². The summed E-state index contributed by atoms with van der Waals surface area (Å²) in [4.78, 5) is 32.6. The van der Waals surface area contributed by atoms with E-state index < -0.39 is 0 Å². The zero-order chi connectivity index (χ0) is 16.2. The summed E-state index contributed by atoms with van der Waals surface area (Å²) in [5, 5.41) is 3.82. The van der Waals surface area contributed by atoms with Crippen molar-refractivity contribution in [2.24, 2.45) is 7.05 Å². The molecule has 3 aromatic rings. The minimum absolute atomic E-state index is 0.120.